The Kier molecular flexibility index (Phi) is 18.3. The highest BCUT2D eigenvalue weighted by molar-refractivity contribution is 6.31. The van der Waals surface area contributed by atoms with Gasteiger partial charge in [-0.2, -0.15) is 20.4 Å². The number of imidazole rings is 2. The van der Waals surface area contributed by atoms with E-state index in [2.05, 4.69) is 40.3 Å². The van der Waals surface area contributed by atoms with Crippen LogP contribution in [0.2, 0.25) is 10.0 Å². The quantitative estimate of drug-likeness (QED) is 0.0349. The first-order valence-corrected chi connectivity index (χ1v) is 32.0. The monoisotopic (exact) mass is 1350 g/mol. The number of methoxy groups -OCH3 is 2. The van der Waals surface area contributed by atoms with Crippen LogP contribution in [0.25, 0.3) is 56.2 Å². The second kappa shape index (κ2) is 27.8. The maximum atomic E-state index is 16.2. The molecule has 0 bridgehead atoms. The highest BCUT2D eigenvalue weighted by Crippen LogP contribution is 2.33. The zero-order valence-electron chi connectivity index (χ0n) is 52.2. The Bertz CT molecular complexity index is 4680. The van der Waals surface area contributed by atoms with Crippen molar-refractivity contribution in [2.45, 2.75) is 90.5 Å². The Balaban J connectivity index is 0.632. The Labute approximate surface area is 561 Å². The molecule has 2 aliphatic rings. The average Bonchev–Trinajstić information content (AvgIpc) is 1.80. The molecule has 0 fully saturated rings. The zero-order chi connectivity index (χ0) is 66.8. The summed E-state index contributed by atoms with van der Waals surface area (Å²) in [5.41, 5.74) is 6.75. The van der Waals surface area contributed by atoms with E-state index in [0.717, 1.165) is 98.4 Å². The summed E-state index contributed by atoms with van der Waals surface area (Å²) in [6.45, 7) is 0.782. The minimum atomic E-state index is -0.981. The van der Waals surface area contributed by atoms with Crippen LogP contribution in [0.4, 0.5) is 17.6 Å². The van der Waals surface area contributed by atoms with Gasteiger partial charge < -0.3 is 32.8 Å². The summed E-state index contributed by atoms with van der Waals surface area (Å²) in [5.74, 6) is -2.99. The van der Waals surface area contributed by atoms with Crippen molar-refractivity contribution in [3.8, 4) is 45.9 Å². The number of nitrogens with zero attached hydrogens (tertiary/aromatic N) is 14. The fourth-order valence-electron chi connectivity index (χ4n) is 11.9. The summed E-state index contributed by atoms with van der Waals surface area (Å²) in [4.78, 5) is 58.1. The van der Waals surface area contributed by atoms with E-state index in [9.17, 15) is 9.59 Å². The molecule has 0 aliphatic heterocycles. The molecule has 0 unspecified atom stereocenters. The van der Waals surface area contributed by atoms with Gasteiger partial charge >= 0.3 is 11.9 Å². The number of hydrogen-bond donors (Lipinski definition) is 0. The van der Waals surface area contributed by atoms with E-state index in [1.54, 1.807) is 70.1 Å². The molecule has 27 heteroatoms. The molecule has 2 aliphatic carbocycles. The Morgan fingerprint density at radius 2 is 0.897 bits per heavy atom. The van der Waals surface area contributed by atoms with Crippen molar-refractivity contribution in [3.05, 3.63) is 223 Å². The SMILES string of the molecule is COCCn1c(Cc2cc(F)c(-c3cccc(OCc4cnc(-n5nc6c(n5)CCCC6)cc4Cl)n3)cc2F)nc2ccc(C(=O)OC(=O)c3ccc4nc(Cc5cc(F)c(-c6cccc(OCc7cnc(-n8nc9c(n8)CCCC9)cc7Cl)n6)cc5F)n(CCOC)c4c3)cc21. The van der Waals surface area contributed by atoms with Crippen molar-refractivity contribution in [1.29, 1.82) is 0 Å². The van der Waals surface area contributed by atoms with Crippen molar-refractivity contribution < 1.29 is 50.8 Å². The highest BCUT2D eigenvalue weighted by atomic mass is 35.5. The summed E-state index contributed by atoms with van der Waals surface area (Å²) >= 11 is 13.3. The van der Waals surface area contributed by atoms with Gasteiger partial charge in [0.1, 0.15) is 48.1 Å². The van der Waals surface area contributed by atoms with Crippen molar-refractivity contribution >= 4 is 57.2 Å². The van der Waals surface area contributed by atoms with Crippen LogP contribution in [0, 0.1) is 23.3 Å². The molecule has 0 spiro atoms. The predicted octanol–water partition coefficient (Wildman–Crippen LogP) is 12.7. The third kappa shape index (κ3) is 13.6. The van der Waals surface area contributed by atoms with Gasteiger partial charge in [-0.15, -0.1) is 9.59 Å². The van der Waals surface area contributed by atoms with Crippen LogP contribution in [0.1, 0.15) is 103 Å². The van der Waals surface area contributed by atoms with E-state index in [-0.39, 0.29) is 109 Å². The normalized spacial score (nSPS) is 12.9. The predicted molar refractivity (Wildman–Crippen MR) is 348 cm³/mol. The van der Waals surface area contributed by atoms with Crippen LogP contribution >= 0.6 is 23.2 Å². The number of fused-ring (bicyclic) bond motifs is 4. The lowest BCUT2D eigenvalue weighted by Crippen LogP contribution is -2.14. The molecule has 0 radical (unpaired) electrons. The van der Waals surface area contributed by atoms with Crippen LogP contribution in [0.15, 0.2) is 122 Å². The van der Waals surface area contributed by atoms with E-state index in [4.69, 9.17) is 56.9 Å². The second-order valence-corrected chi connectivity index (χ2v) is 24.2. The largest absolute Gasteiger partial charge is 0.473 e. The summed E-state index contributed by atoms with van der Waals surface area (Å²) < 4.78 is 96.3. The summed E-state index contributed by atoms with van der Waals surface area (Å²) in [7, 11) is 3.02. The minimum absolute atomic E-state index is 0.00199. The topological polar surface area (TPSA) is 229 Å². The number of esters is 2. The Hall–Kier alpha value is -10.3. The van der Waals surface area contributed by atoms with Gasteiger partial charge in [0.15, 0.2) is 11.6 Å². The van der Waals surface area contributed by atoms with E-state index >= 15 is 17.6 Å². The number of benzene rings is 4. The standard InChI is InChI=1S/C70H58Cl2F4N14O7/c1-93-23-21-87-61-27-39(17-19-59(61)79-65(87)29-41-25-51(75)45(31-49(41)73)53-13-7-15-67(81-53)95-37-43-35-77-63(33-47(43)71)89-83-55-9-3-4-10-56(55)84-89)69(91)97-70(92)40-18-20-60-62(28-40)88(22-24-94-2)66(80-60)30-42-26-52(76)46(32-50(42)74)54-14-8-16-68(82-54)96-38-44-36-78-64(34-48(44)72)90-85-57-11-5-6-12-58(57)86-90/h7-8,13-20,25-28,31-36H,3-6,9-12,21-24,29-30,37-38H2,1-2H3. The molecule has 14 rings (SSSR count). The van der Waals surface area contributed by atoms with Gasteiger partial charge in [-0.1, -0.05) is 35.3 Å². The first kappa shape index (κ1) is 64.0. The van der Waals surface area contributed by atoms with Crippen LogP contribution in [0.5, 0.6) is 11.8 Å². The molecule has 12 aromatic rings. The van der Waals surface area contributed by atoms with Gasteiger partial charge in [-0.3, -0.25) is 0 Å². The molecule has 0 saturated carbocycles. The molecule has 0 amide bonds. The minimum Gasteiger partial charge on any atom is -0.473 e. The molecule has 0 saturated heterocycles. The van der Waals surface area contributed by atoms with Crippen LogP contribution < -0.4 is 9.47 Å². The van der Waals surface area contributed by atoms with Crippen molar-refractivity contribution in [2.75, 3.05) is 27.4 Å². The lowest BCUT2D eigenvalue weighted by atomic mass is 10.0. The molecule has 21 nitrogen and oxygen atoms in total. The molecule has 0 N–H and O–H groups in total. The van der Waals surface area contributed by atoms with Crippen molar-refractivity contribution in [1.82, 2.24) is 69.0 Å². The Morgan fingerprint density at radius 3 is 1.29 bits per heavy atom. The van der Waals surface area contributed by atoms with Crippen LogP contribution in [-0.4, -0.2) is 108 Å². The summed E-state index contributed by atoms with van der Waals surface area (Å²) in [6.07, 6.45) is 10.6. The van der Waals surface area contributed by atoms with E-state index in [0.29, 0.717) is 66.5 Å². The third-order valence-electron chi connectivity index (χ3n) is 17.0. The number of pyridine rings is 4. The molecule has 8 heterocycles. The van der Waals surface area contributed by atoms with Gasteiger partial charge in [-0.25, -0.2) is 57.1 Å². The van der Waals surface area contributed by atoms with E-state index in [1.165, 1.54) is 60.2 Å². The molecule has 4 aromatic carbocycles. The van der Waals surface area contributed by atoms with Crippen LogP contribution in [0.3, 0.4) is 0 Å². The molecular weight excluding hydrogens is 1300 g/mol. The van der Waals surface area contributed by atoms with Crippen LogP contribution in [-0.2, 0) is 79.0 Å². The van der Waals surface area contributed by atoms with Gasteiger partial charge in [0.05, 0.1) is 90.6 Å². The van der Waals surface area contributed by atoms with Gasteiger partial charge in [0.2, 0.25) is 11.8 Å². The third-order valence-corrected chi connectivity index (χ3v) is 17.7. The zero-order valence-corrected chi connectivity index (χ0v) is 53.8. The first-order valence-electron chi connectivity index (χ1n) is 31.3. The number of carbonyl (C=O) groups is 2. The maximum Gasteiger partial charge on any atom is 0.346 e. The highest BCUT2D eigenvalue weighted by Gasteiger charge is 2.25. The average molecular weight is 1350 g/mol. The van der Waals surface area contributed by atoms with Gasteiger partial charge in [0, 0.05) is 99.1 Å². The second-order valence-electron chi connectivity index (χ2n) is 23.4. The molecule has 492 valence electrons. The van der Waals surface area contributed by atoms with Gasteiger partial charge in [-0.05, 0) is 135 Å². The number of carbonyl (C=O) groups excluding carboxylic acids is 2. The number of hydrogen-bond acceptors (Lipinski definition) is 17. The first-order chi connectivity index (χ1) is 47.2. The van der Waals surface area contributed by atoms with Gasteiger partial charge in [0.25, 0.3) is 0 Å². The number of ether oxygens (including phenoxy) is 5. The molecule has 97 heavy (non-hydrogen) atoms. The fourth-order valence-corrected chi connectivity index (χ4v) is 12.3. The maximum absolute atomic E-state index is 16.2. The van der Waals surface area contributed by atoms with Crippen molar-refractivity contribution in [2.24, 2.45) is 0 Å². The number of aromatic nitrogens is 14. The number of rotatable bonds is 22. The van der Waals surface area contributed by atoms with E-state index < -0.39 is 35.2 Å². The molecule has 0 atom stereocenters. The van der Waals surface area contributed by atoms with Crippen molar-refractivity contribution in [3.63, 3.8) is 0 Å². The number of aryl methyl sites for hydroxylation is 4. The summed E-state index contributed by atoms with van der Waals surface area (Å²) in [5, 5.41) is 19.1. The molecular formula is C70H58Cl2F4N14O7. The Morgan fingerprint density at radius 1 is 0.485 bits per heavy atom. The van der Waals surface area contributed by atoms with E-state index in [1.807, 2.05) is 0 Å². The fraction of sp³-hybridized carbons (Fsp3) is 0.257. The molecule has 8 aromatic heterocycles. The number of halogens is 6. The summed E-state index contributed by atoms with van der Waals surface area (Å²) in [6, 6.07) is 26.1. The lowest BCUT2D eigenvalue weighted by Gasteiger charge is -2.12. The smallest absolute Gasteiger partial charge is 0.346 e. The lowest BCUT2D eigenvalue weighted by molar-refractivity contribution is 0.0397.